The number of nitrogens with zero attached hydrogens (tertiary/aromatic N) is 2. The van der Waals surface area contributed by atoms with Gasteiger partial charge < -0.3 is 0 Å². The van der Waals surface area contributed by atoms with Gasteiger partial charge in [0, 0.05) is 11.2 Å². The molecule has 82 valence electrons. The van der Waals surface area contributed by atoms with E-state index in [1.165, 1.54) is 6.92 Å². The Bertz CT molecular complexity index is 546. The SMILES string of the molecule is CC(=O)c1cnn(-c2ccc(C)c(Cl)c2)c1. The molecule has 1 aromatic heterocycles. The smallest absolute Gasteiger partial charge is 0.162 e. The molecule has 16 heavy (non-hydrogen) atoms. The highest BCUT2D eigenvalue weighted by atomic mass is 35.5. The number of halogens is 1. The summed E-state index contributed by atoms with van der Waals surface area (Å²) in [4.78, 5) is 11.1. The van der Waals surface area contributed by atoms with Gasteiger partial charge in [0.15, 0.2) is 5.78 Å². The zero-order chi connectivity index (χ0) is 11.7. The second-order valence-electron chi connectivity index (χ2n) is 3.66. The van der Waals surface area contributed by atoms with Gasteiger partial charge in [-0.1, -0.05) is 17.7 Å². The fourth-order valence-corrected chi connectivity index (χ4v) is 1.54. The minimum absolute atomic E-state index is 0.00413. The molecule has 3 nitrogen and oxygen atoms in total. The molecule has 0 atom stereocenters. The summed E-state index contributed by atoms with van der Waals surface area (Å²) in [6, 6.07) is 5.67. The molecule has 0 saturated carbocycles. The van der Waals surface area contributed by atoms with Crippen molar-refractivity contribution in [3.63, 3.8) is 0 Å². The van der Waals surface area contributed by atoms with E-state index in [1.54, 1.807) is 17.1 Å². The van der Waals surface area contributed by atoms with E-state index in [0.717, 1.165) is 11.3 Å². The molecule has 0 unspecified atom stereocenters. The first-order valence-electron chi connectivity index (χ1n) is 4.90. The van der Waals surface area contributed by atoms with Crippen LogP contribution >= 0.6 is 11.6 Å². The minimum atomic E-state index is 0.00413. The molecule has 1 aromatic carbocycles. The van der Waals surface area contributed by atoms with Crippen LogP contribution in [0.2, 0.25) is 5.02 Å². The number of benzene rings is 1. The number of carbonyl (C=O) groups is 1. The van der Waals surface area contributed by atoms with Crippen LogP contribution in [-0.4, -0.2) is 15.6 Å². The molecule has 0 bridgehead atoms. The summed E-state index contributed by atoms with van der Waals surface area (Å²) in [5.41, 5.74) is 2.46. The van der Waals surface area contributed by atoms with Gasteiger partial charge >= 0.3 is 0 Å². The maximum Gasteiger partial charge on any atom is 0.162 e. The summed E-state index contributed by atoms with van der Waals surface area (Å²) in [6.07, 6.45) is 3.25. The third-order valence-electron chi connectivity index (χ3n) is 2.41. The van der Waals surface area contributed by atoms with E-state index >= 15 is 0 Å². The number of ketones is 1. The number of carbonyl (C=O) groups excluding carboxylic acids is 1. The van der Waals surface area contributed by atoms with E-state index in [9.17, 15) is 4.79 Å². The van der Waals surface area contributed by atoms with Crippen LogP contribution in [-0.2, 0) is 0 Å². The molecule has 0 spiro atoms. The second kappa shape index (κ2) is 4.10. The normalized spacial score (nSPS) is 10.4. The Labute approximate surface area is 98.7 Å². The first kappa shape index (κ1) is 10.9. The van der Waals surface area contributed by atoms with Gasteiger partial charge in [0.05, 0.1) is 17.4 Å². The van der Waals surface area contributed by atoms with Crippen molar-refractivity contribution in [1.29, 1.82) is 0 Å². The fraction of sp³-hybridized carbons (Fsp3) is 0.167. The van der Waals surface area contributed by atoms with Crippen molar-refractivity contribution in [2.75, 3.05) is 0 Å². The lowest BCUT2D eigenvalue weighted by atomic mass is 10.2. The number of hydrogen-bond acceptors (Lipinski definition) is 2. The monoisotopic (exact) mass is 234 g/mol. The van der Waals surface area contributed by atoms with Crippen LogP contribution in [0.25, 0.3) is 5.69 Å². The molecule has 0 saturated heterocycles. The highest BCUT2D eigenvalue weighted by Gasteiger charge is 2.05. The molecule has 0 aliphatic rings. The summed E-state index contributed by atoms with van der Waals surface area (Å²) >= 11 is 6.03. The van der Waals surface area contributed by atoms with Crippen LogP contribution in [0.4, 0.5) is 0 Å². The molecule has 0 amide bonds. The lowest BCUT2D eigenvalue weighted by molar-refractivity contribution is 0.101. The average Bonchev–Trinajstić information content (AvgIpc) is 2.71. The van der Waals surface area contributed by atoms with Gasteiger partial charge in [0.2, 0.25) is 0 Å². The average molecular weight is 235 g/mol. The lowest BCUT2D eigenvalue weighted by Gasteiger charge is -2.03. The van der Waals surface area contributed by atoms with Crippen molar-refractivity contribution in [1.82, 2.24) is 9.78 Å². The molecule has 2 aromatic rings. The summed E-state index contributed by atoms with van der Waals surface area (Å²) in [5.74, 6) is 0.00413. The predicted molar refractivity (Wildman–Crippen MR) is 63.3 cm³/mol. The minimum Gasteiger partial charge on any atom is -0.294 e. The Kier molecular flexibility index (Phi) is 2.79. The van der Waals surface area contributed by atoms with Crippen LogP contribution in [0.5, 0.6) is 0 Å². The Hall–Kier alpha value is -1.61. The predicted octanol–water partition coefficient (Wildman–Crippen LogP) is 3.04. The largest absolute Gasteiger partial charge is 0.294 e. The molecule has 4 heteroatoms. The number of hydrogen-bond donors (Lipinski definition) is 0. The van der Waals surface area contributed by atoms with Crippen LogP contribution in [0, 0.1) is 6.92 Å². The summed E-state index contributed by atoms with van der Waals surface area (Å²) < 4.78 is 1.64. The van der Waals surface area contributed by atoms with Crippen molar-refractivity contribution < 1.29 is 4.79 Å². The number of aromatic nitrogens is 2. The van der Waals surface area contributed by atoms with Crippen LogP contribution in [0.1, 0.15) is 22.8 Å². The van der Waals surface area contributed by atoms with Gasteiger partial charge in [-0.15, -0.1) is 0 Å². The Morgan fingerprint density at radius 2 is 2.19 bits per heavy atom. The van der Waals surface area contributed by atoms with Crippen LogP contribution < -0.4 is 0 Å². The van der Waals surface area contributed by atoms with E-state index in [0.29, 0.717) is 10.6 Å². The van der Waals surface area contributed by atoms with E-state index < -0.39 is 0 Å². The van der Waals surface area contributed by atoms with Gasteiger partial charge in [0.25, 0.3) is 0 Å². The summed E-state index contributed by atoms with van der Waals surface area (Å²) in [6.45, 7) is 3.46. The highest BCUT2D eigenvalue weighted by molar-refractivity contribution is 6.31. The molecule has 0 radical (unpaired) electrons. The molecule has 0 fully saturated rings. The first-order valence-corrected chi connectivity index (χ1v) is 5.28. The molecular weight excluding hydrogens is 224 g/mol. The number of Topliss-reactive ketones (excluding diaryl/α,β-unsaturated/α-hetero) is 1. The van der Waals surface area contributed by atoms with E-state index in [4.69, 9.17) is 11.6 Å². The van der Waals surface area contributed by atoms with Crippen molar-refractivity contribution in [3.8, 4) is 5.69 Å². The Morgan fingerprint density at radius 1 is 1.44 bits per heavy atom. The lowest BCUT2D eigenvalue weighted by Crippen LogP contribution is -1.95. The number of rotatable bonds is 2. The van der Waals surface area contributed by atoms with Crippen LogP contribution in [0.15, 0.2) is 30.6 Å². The molecule has 1 heterocycles. The van der Waals surface area contributed by atoms with Gasteiger partial charge in [0.1, 0.15) is 0 Å². The number of aryl methyl sites for hydroxylation is 1. The standard InChI is InChI=1S/C12H11ClN2O/c1-8-3-4-11(5-12(8)13)15-7-10(6-14-15)9(2)16/h3-7H,1-2H3. The van der Waals surface area contributed by atoms with E-state index in [1.807, 2.05) is 25.1 Å². The Morgan fingerprint density at radius 3 is 2.75 bits per heavy atom. The molecular formula is C12H11ClN2O. The molecule has 0 N–H and O–H groups in total. The summed E-state index contributed by atoms with van der Waals surface area (Å²) in [7, 11) is 0. The topological polar surface area (TPSA) is 34.9 Å². The van der Waals surface area contributed by atoms with E-state index in [-0.39, 0.29) is 5.78 Å². The highest BCUT2D eigenvalue weighted by Crippen LogP contribution is 2.19. The van der Waals surface area contributed by atoms with Gasteiger partial charge in [-0.05, 0) is 31.5 Å². The van der Waals surface area contributed by atoms with Crippen molar-refractivity contribution in [2.45, 2.75) is 13.8 Å². The molecule has 2 rings (SSSR count). The third kappa shape index (κ3) is 1.99. The van der Waals surface area contributed by atoms with Crippen LogP contribution in [0.3, 0.4) is 0 Å². The van der Waals surface area contributed by atoms with Crippen molar-refractivity contribution in [2.24, 2.45) is 0 Å². The maximum absolute atomic E-state index is 11.1. The summed E-state index contributed by atoms with van der Waals surface area (Å²) in [5, 5.41) is 4.81. The second-order valence-corrected chi connectivity index (χ2v) is 4.07. The fourth-order valence-electron chi connectivity index (χ4n) is 1.37. The maximum atomic E-state index is 11.1. The first-order chi connectivity index (χ1) is 7.58. The molecule has 0 aliphatic carbocycles. The zero-order valence-electron chi connectivity index (χ0n) is 9.07. The third-order valence-corrected chi connectivity index (χ3v) is 2.82. The Balaban J connectivity index is 2.42. The van der Waals surface area contributed by atoms with Gasteiger partial charge in [-0.2, -0.15) is 5.10 Å². The van der Waals surface area contributed by atoms with Crippen molar-refractivity contribution >= 4 is 17.4 Å². The quantitative estimate of drug-likeness (QED) is 0.749. The zero-order valence-corrected chi connectivity index (χ0v) is 9.82. The van der Waals surface area contributed by atoms with Crippen molar-refractivity contribution in [3.05, 3.63) is 46.7 Å². The van der Waals surface area contributed by atoms with Gasteiger partial charge in [-0.3, -0.25) is 4.79 Å². The molecule has 0 aliphatic heterocycles. The van der Waals surface area contributed by atoms with E-state index in [2.05, 4.69) is 5.10 Å². The van der Waals surface area contributed by atoms with Gasteiger partial charge in [-0.25, -0.2) is 4.68 Å².